The molecule has 0 bridgehead atoms. The normalized spacial score (nSPS) is 16.5. The SMILES string of the molecule is O=C(NNC(=O)c1ccccn1)c1ccc(S(=O)(=O)NC[C@H]2CCCO2)cc1. The molecule has 0 aliphatic carbocycles. The molecule has 10 heteroatoms. The zero-order valence-electron chi connectivity index (χ0n) is 14.9. The van der Waals surface area contributed by atoms with Gasteiger partial charge in [-0.05, 0) is 49.2 Å². The Hall–Kier alpha value is -2.82. The molecule has 148 valence electrons. The van der Waals surface area contributed by atoms with Crippen molar-refractivity contribution < 1.29 is 22.7 Å². The van der Waals surface area contributed by atoms with Gasteiger partial charge in [0, 0.05) is 24.9 Å². The maximum absolute atomic E-state index is 12.3. The minimum absolute atomic E-state index is 0.0413. The van der Waals surface area contributed by atoms with Crippen LogP contribution in [0.1, 0.15) is 33.7 Å². The summed E-state index contributed by atoms with van der Waals surface area (Å²) in [6, 6.07) is 10.2. The number of hydrogen-bond donors (Lipinski definition) is 3. The third kappa shape index (κ3) is 5.12. The molecule has 0 radical (unpaired) electrons. The highest BCUT2D eigenvalue weighted by Gasteiger charge is 2.20. The maximum atomic E-state index is 12.3. The first-order valence-corrected chi connectivity index (χ1v) is 10.2. The van der Waals surface area contributed by atoms with Crippen LogP contribution in [0.2, 0.25) is 0 Å². The molecule has 1 aromatic heterocycles. The highest BCUT2D eigenvalue weighted by Crippen LogP contribution is 2.14. The number of carbonyl (C=O) groups excluding carboxylic acids is 2. The molecule has 1 aliphatic heterocycles. The molecule has 1 aliphatic rings. The smallest absolute Gasteiger partial charge is 0.288 e. The standard InChI is InChI=1S/C18H20N4O5S/c23-17(21-22-18(24)16-5-1-2-10-19-16)13-6-8-15(9-7-13)28(25,26)20-12-14-4-3-11-27-14/h1-2,5-10,14,20H,3-4,11-12H2,(H,21,23)(H,22,24)/t14-/m1/s1. The first-order valence-electron chi connectivity index (χ1n) is 8.69. The fourth-order valence-corrected chi connectivity index (χ4v) is 3.69. The van der Waals surface area contributed by atoms with E-state index in [1.54, 1.807) is 12.1 Å². The van der Waals surface area contributed by atoms with Crippen LogP contribution in [0.3, 0.4) is 0 Å². The Morgan fingerprint density at radius 3 is 2.46 bits per heavy atom. The van der Waals surface area contributed by atoms with Gasteiger partial charge in [0.15, 0.2) is 0 Å². The maximum Gasteiger partial charge on any atom is 0.288 e. The highest BCUT2D eigenvalue weighted by molar-refractivity contribution is 7.89. The first kappa shape index (κ1) is 19.9. The van der Waals surface area contributed by atoms with Crippen LogP contribution in [0.4, 0.5) is 0 Å². The number of amides is 2. The van der Waals surface area contributed by atoms with Gasteiger partial charge in [-0.3, -0.25) is 25.4 Å². The van der Waals surface area contributed by atoms with E-state index in [-0.39, 0.29) is 28.8 Å². The van der Waals surface area contributed by atoms with E-state index in [2.05, 4.69) is 20.6 Å². The second-order valence-electron chi connectivity index (χ2n) is 6.13. The van der Waals surface area contributed by atoms with Crippen LogP contribution in [-0.4, -0.2) is 44.5 Å². The largest absolute Gasteiger partial charge is 0.377 e. The van der Waals surface area contributed by atoms with Crippen molar-refractivity contribution >= 4 is 21.8 Å². The molecule has 0 saturated carbocycles. The van der Waals surface area contributed by atoms with Gasteiger partial charge in [-0.1, -0.05) is 6.07 Å². The van der Waals surface area contributed by atoms with Crippen LogP contribution in [0.25, 0.3) is 0 Å². The Kier molecular flexibility index (Phi) is 6.34. The molecule has 0 unspecified atom stereocenters. The molecule has 3 rings (SSSR count). The molecular formula is C18H20N4O5S. The number of aromatic nitrogens is 1. The number of nitrogens with zero attached hydrogens (tertiary/aromatic N) is 1. The lowest BCUT2D eigenvalue weighted by molar-refractivity contribution is 0.0844. The Balaban J connectivity index is 1.55. The lowest BCUT2D eigenvalue weighted by Gasteiger charge is -2.12. The van der Waals surface area contributed by atoms with Crippen molar-refractivity contribution in [2.24, 2.45) is 0 Å². The van der Waals surface area contributed by atoms with Crippen LogP contribution in [0.15, 0.2) is 53.6 Å². The number of hydrazine groups is 1. The van der Waals surface area contributed by atoms with Gasteiger partial charge in [-0.15, -0.1) is 0 Å². The molecule has 9 nitrogen and oxygen atoms in total. The summed E-state index contributed by atoms with van der Waals surface area (Å²) in [4.78, 5) is 27.9. The van der Waals surface area contributed by atoms with Crippen LogP contribution in [0.5, 0.6) is 0 Å². The van der Waals surface area contributed by atoms with Crippen molar-refractivity contribution in [3.8, 4) is 0 Å². The topological polar surface area (TPSA) is 126 Å². The second-order valence-corrected chi connectivity index (χ2v) is 7.90. The molecule has 1 fully saturated rings. The Bertz CT molecular complexity index is 926. The van der Waals surface area contributed by atoms with E-state index in [9.17, 15) is 18.0 Å². The molecule has 1 saturated heterocycles. The third-order valence-corrected chi connectivity index (χ3v) is 5.58. The van der Waals surface area contributed by atoms with E-state index in [4.69, 9.17) is 4.74 Å². The number of ether oxygens (including phenoxy) is 1. The van der Waals surface area contributed by atoms with Gasteiger partial charge in [-0.2, -0.15) is 0 Å². The summed E-state index contributed by atoms with van der Waals surface area (Å²) in [5.74, 6) is -1.15. The highest BCUT2D eigenvalue weighted by atomic mass is 32.2. The Morgan fingerprint density at radius 1 is 1.07 bits per heavy atom. The molecule has 0 spiro atoms. The van der Waals surface area contributed by atoms with E-state index in [1.165, 1.54) is 36.5 Å². The Morgan fingerprint density at radius 2 is 1.82 bits per heavy atom. The van der Waals surface area contributed by atoms with E-state index in [0.717, 1.165) is 12.8 Å². The number of hydrogen-bond acceptors (Lipinski definition) is 6. The molecular weight excluding hydrogens is 384 g/mol. The Labute approximate surface area is 162 Å². The number of sulfonamides is 1. The average Bonchev–Trinajstić information content (AvgIpc) is 3.25. The number of carbonyl (C=O) groups is 2. The number of benzene rings is 1. The van der Waals surface area contributed by atoms with Crippen LogP contribution in [-0.2, 0) is 14.8 Å². The molecule has 2 heterocycles. The fraction of sp³-hybridized carbons (Fsp3) is 0.278. The number of rotatable bonds is 6. The first-order chi connectivity index (χ1) is 13.5. The number of pyridine rings is 1. The summed E-state index contributed by atoms with van der Waals surface area (Å²) in [5, 5.41) is 0. The monoisotopic (exact) mass is 404 g/mol. The van der Waals surface area contributed by atoms with E-state index in [1.807, 2.05) is 0 Å². The van der Waals surface area contributed by atoms with Crippen LogP contribution < -0.4 is 15.6 Å². The van der Waals surface area contributed by atoms with E-state index < -0.39 is 21.8 Å². The van der Waals surface area contributed by atoms with Crippen molar-refractivity contribution in [2.75, 3.05) is 13.2 Å². The fourth-order valence-electron chi connectivity index (χ4n) is 2.62. The van der Waals surface area contributed by atoms with Gasteiger partial charge in [0.2, 0.25) is 10.0 Å². The van der Waals surface area contributed by atoms with Crippen molar-refractivity contribution in [2.45, 2.75) is 23.8 Å². The second kappa shape index (κ2) is 8.91. The van der Waals surface area contributed by atoms with Gasteiger partial charge in [-0.25, -0.2) is 13.1 Å². The predicted molar refractivity (Wildman–Crippen MR) is 99.8 cm³/mol. The minimum Gasteiger partial charge on any atom is -0.377 e. The van der Waals surface area contributed by atoms with E-state index in [0.29, 0.717) is 6.61 Å². The quantitative estimate of drug-likeness (QED) is 0.606. The summed E-state index contributed by atoms with van der Waals surface area (Å²) >= 11 is 0. The molecule has 28 heavy (non-hydrogen) atoms. The van der Waals surface area contributed by atoms with Crippen LogP contribution in [0, 0.1) is 0 Å². The average molecular weight is 404 g/mol. The molecule has 3 N–H and O–H groups in total. The zero-order valence-corrected chi connectivity index (χ0v) is 15.7. The molecule has 2 aromatic rings. The summed E-state index contributed by atoms with van der Waals surface area (Å²) in [6.45, 7) is 0.858. The molecule has 1 atom stereocenters. The lowest BCUT2D eigenvalue weighted by Crippen LogP contribution is -2.41. The van der Waals surface area contributed by atoms with Gasteiger partial charge in [0.25, 0.3) is 11.8 Å². The summed E-state index contributed by atoms with van der Waals surface area (Å²) in [6.07, 6.45) is 3.10. The van der Waals surface area contributed by atoms with Gasteiger partial charge < -0.3 is 4.74 Å². The summed E-state index contributed by atoms with van der Waals surface area (Å²) in [5.41, 5.74) is 4.85. The van der Waals surface area contributed by atoms with Crippen molar-refractivity contribution in [1.29, 1.82) is 0 Å². The molecule has 1 aromatic carbocycles. The van der Waals surface area contributed by atoms with Gasteiger partial charge in [0.1, 0.15) is 5.69 Å². The van der Waals surface area contributed by atoms with Crippen molar-refractivity contribution in [3.63, 3.8) is 0 Å². The molecule has 2 amide bonds. The predicted octanol–water partition coefficient (Wildman–Crippen LogP) is 0.614. The van der Waals surface area contributed by atoms with Crippen LogP contribution >= 0.6 is 0 Å². The van der Waals surface area contributed by atoms with Gasteiger partial charge >= 0.3 is 0 Å². The third-order valence-electron chi connectivity index (χ3n) is 4.14. The number of nitrogens with one attached hydrogen (secondary N) is 3. The van der Waals surface area contributed by atoms with Gasteiger partial charge in [0.05, 0.1) is 11.0 Å². The van der Waals surface area contributed by atoms with E-state index >= 15 is 0 Å². The van der Waals surface area contributed by atoms with Crippen molar-refractivity contribution in [1.82, 2.24) is 20.6 Å². The summed E-state index contributed by atoms with van der Waals surface area (Å²) in [7, 11) is -3.69. The zero-order chi connectivity index (χ0) is 20.0. The minimum atomic E-state index is -3.69. The summed E-state index contributed by atoms with van der Waals surface area (Å²) < 4.78 is 32.5. The van der Waals surface area contributed by atoms with Crippen molar-refractivity contribution in [3.05, 3.63) is 59.9 Å². The lowest BCUT2D eigenvalue weighted by atomic mass is 10.2.